The highest BCUT2D eigenvalue weighted by Crippen LogP contribution is 2.26. The number of ether oxygens (including phenoxy) is 1. The van der Waals surface area contributed by atoms with Gasteiger partial charge in [0.15, 0.2) is 0 Å². The molecule has 1 aromatic rings. The van der Waals surface area contributed by atoms with Gasteiger partial charge in [-0.2, -0.15) is 0 Å². The van der Waals surface area contributed by atoms with Crippen molar-refractivity contribution in [1.29, 1.82) is 0 Å². The number of unbranched alkanes of at least 4 members (excludes halogenated alkanes) is 3. The first-order valence-corrected chi connectivity index (χ1v) is 11.2. The van der Waals surface area contributed by atoms with E-state index < -0.39 is 23.5 Å². The Labute approximate surface area is 184 Å². The number of nitrogens with zero attached hydrogens (tertiary/aromatic N) is 2. The zero-order valence-corrected chi connectivity index (χ0v) is 18.8. The molecule has 31 heavy (non-hydrogen) atoms. The predicted molar refractivity (Wildman–Crippen MR) is 120 cm³/mol. The smallest absolute Gasteiger partial charge is 0.325 e. The van der Waals surface area contributed by atoms with E-state index in [1.54, 1.807) is 13.8 Å². The minimum absolute atomic E-state index is 0.334. The summed E-state index contributed by atoms with van der Waals surface area (Å²) in [7, 11) is 0. The van der Waals surface area contributed by atoms with Gasteiger partial charge in [-0.05, 0) is 44.5 Å². The molecule has 2 heterocycles. The molecule has 0 radical (unpaired) electrons. The third kappa shape index (κ3) is 5.36. The molecule has 2 atom stereocenters. The number of urea groups is 1. The lowest BCUT2D eigenvalue weighted by Gasteiger charge is -2.29. The van der Waals surface area contributed by atoms with E-state index in [-0.39, 0.29) is 5.91 Å². The molecule has 0 saturated carbocycles. The van der Waals surface area contributed by atoms with Crippen LogP contribution in [-0.4, -0.2) is 60.6 Å². The first-order valence-electron chi connectivity index (χ1n) is 11.2. The molecule has 0 unspecified atom stereocenters. The van der Waals surface area contributed by atoms with Crippen LogP contribution >= 0.6 is 0 Å². The Hall–Kier alpha value is -2.61. The molecule has 2 fully saturated rings. The molecule has 1 aromatic carbocycles. The number of nitrogens with one attached hydrogen (secondary N) is 2. The lowest BCUT2D eigenvalue weighted by Crippen LogP contribution is -2.48. The van der Waals surface area contributed by atoms with Gasteiger partial charge in [-0.1, -0.05) is 32.6 Å². The van der Waals surface area contributed by atoms with E-state index in [1.807, 2.05) is 24.3 Å². The third-order valence-corrected chi connectivity index (χ3v) is 6.10. The summed E-state index contributed by atoms with van der Waals surface area (Å²) >= 11 is 0. The molecule has 170 valence electrons. The van der Waals surface area contributed by atoms with Gasteiger partial charge in [0.05, 0.1) is 13.2 Å². The SMILES string of the molecule is CCCCCC[C@]1(C)NC(=O)N([C@H](C)C(=O)Nc2ccc(N3CCOCC3)cc2)C1=O. The van der Waals surface area contributed by atoms with E-state index >= 15 is 0 Å². The van der Waals surface area contributed by atoms with Crippen molar-refractivity contribution < 1.29 is 19.1 Å². The Morgan fingerprint density at radius 1 is 1.16 bits per heavy atom. The van der Waals surface area contributed by atoms with Crippen molar-refractivity contribution in [2.45, 2.75) is 64.5 Å². The van der Waals surface area contributed by atoms with E-state index in [4.69, 9.17) is 4.74 Å². The molecule has 0 aromatic heterocycles. The second kappa shape index (κ2) is 10.1. The molecule has 8 heteroatoms. The van der Waals surface area contributed by atoms with Gasteiger partial charge in [0.25, 0.3) is 5.91 Å². The van der Waals surface area contributed by atoms with Crippen molar-refractivity contribution in [1.82, 2.24) is 10.2 Å². The molecule has 0 bridgehead atoms. The van der Waals surface area contributed by atoms with Crippen LogP contribution < -0.4 is 15.5 Å². The highest BCUT2D eigenvalue weighted by molar-refractivity contribution is 6.11. The Morgan fingerprint density at radius 2 is 1.84 bits per heavy atom. The lowest BCUT2D eigenvalue weighted by atomic mass is 9.94. The highest BCUT2D eigenvalue weighted by atomic mass is 16.5. The summed E-state index contributed by atoms with van der Waals surface area (Å²) in [5, 5.41) is 5.61. The van der Waals surface area contributed by atoms with Crippen LogP contribution in [0.4, 0.5) is 16.2 Å². The number of anilines is 2. The zero-order valence-electron chi connectivity index (χ0n) is 18.8. The Bertz CT molecular complexity index is 791. The fourth-order valence-corrected chi connectivity index (χ4v) is 4.08. The summed E-state index contributed by atoms with van der Waals surface area (Å²) in [5.74, 6) is -0.725. The quantitative estimate of drug-likeness (QED) is 0.464. The molecular formula is C23H34N4O4. The number of imide groups is 1. The standard InChI is InChI=1S/C23H34N4O4/c1-4-5-6-7-12-23(3)21(29)27(22(30)25-23)17(2)20(28)24-18-8-10-19(11-9-18)26-13-15-31-16-14-26/h8-11,17H,4-7,12-16H2,1-3H3,(H,24,28)(H,25,30)/t17-,23+/m1/s1. The second-order valence-electron chi connectivity index (χ2n) is 8.56. The number of amides is 4. The number of hydrogen-bond donors (Lipinski definition) is 2. The van der Waals surface area contributed by atoms with Crippen molar-refractivity contribution in [3.05, 3.63) is 24.3 Å². The summed E-state index contributed by atoms with van der Waals surface area (Å²) in [5.41, 5.74) is 0.754. The van der Waals surface area contributed by atoms with Crippen molar-refractivity contribution in [2.75, 3.05) is 36.5 Å². The van der Waals surface area contributed by atoms with E-state index in [9.17, 15) is 14.4 Å². The number of carbonyl (C=O) groups excluding carboxylic acids is 3. The topological polar surface area (TPSA) is 91.0 Å². The molecule has 0 spiro atoms. The third-order valence-electron chi connectivity index (χ3n) is 6.10. The van der Waals surface area contributed by atoms with Gasteiger partial charge in [0.1, 0.15) is 11.6 Å². The van der Waals surface area contributed by atoms with E-state index in [1.165, 1.54) is 0 Å². The van der Waals surface area contributed by atoms with Crippen molar-refractivity contribution in [3.8, 4) is 0 Å². The molecule has 2 N–H and O–H groups in total. The molecular weight excluding hydrogens is 396 g/mol. The molecule has 2 saturated heterocycles. The van der Waals surface area contributed by atoms with Gasteiger partial charge in [0, 0.05) is 24.5 Å². The van der Waals surface area contributed by atoms with Crippen LogP contribution in [0.25, 0.3) is 0 Å². The lowest BCUT2D eigenvalue weighted by molar-refractivity contribution is -0.136. The zero-order chi connectivity index (χ0) is 22.4. The van der Waals surface area contributed by atoms with Crippen LogP contribution in [0.5, 0.6) is 0 Å². The van der Waals surface area contributed by atoms with Crippen LogP contribution in [0.3, 0.4) is 0 Å². The monoisotopic (exact) mass is 430 g/mol. The maximum atomic E-state index is 13.0. The molecule has 8 nitrogen and oxygen atoms in total. The van der Waals surface area contributed by atoms with Crippen LogP contribution in [0, 0.1) is 0 Å². The average Bonchev–Trinajstić information content (AvgIpc) is 3.00. The largest absolute Gasteiger partial charge is 0.378 e. The van der Waals surface area contributed by atoms with Gasteiger partial charge in [-0.15, -0.1) is 0 Å². The van der Waals surface area contributed by atoms with Crippen molar-refractivity contribution in [3.63, 3.8) is 0 Å². The fraction of sp³-hybridized carbons (Fsp3) is 0.609. The number of benzene rings is 1. The molecule has 3 rings (SSSR count). The molecule has 4 amide bonds. The van der Waals surface area contributed by atoms with Crippen LogP contribution in [0.15, 0.2) is 24.3 Å². The Balaban J connectivity index is 1.58. The summed E-state index contributed by atoms with van der Waals surface area (Å²) in [6.07, 6.45) is 4.66. The Morgan fingerprint density at radius 3 is 2.48 bits per heavy atom. The molecule has 2 aliphatic heterocycles. The number of rotatable bonds is 9. The average molecular weight is 431 g/mol. The van der Waals surface area contributed by atoms with Crippen molar-refractivity contribution >= 4 is 29.2 Å². The van der Waals surface area contributed by atoms with E-state index in [0.717, 1.165) is 49.4 Å². The van der Waals surface area contributed by atoms with Crippen LogP contribution in [-0.2, 0) is 14.3 Å². The number of morpholine rings is 1. The Kier molecular flexibility index (Phi) is 7.54. The van der Waals surface area contributed by atoms with Crippen molar-refractivity contribution in [2.24, 2.45) is 0 Å². The van der Waals surface area contributed by atoms with Crippen LogP contribution in [0.1, 0.15) is 52.9 Å². The van der Waals surface area contributed by atoms with Crippen LogP contribution in [0.2, 0.25) is 0 Å². The maximum absolute atomic E-state index is 13.0. The second-order valence-corrected chi connectivity index (χ2v) is 8.56. The van der Waals surface area contributed by atoms with E-state index in [0.29, 0.717) is 25.3 Å². The first-order chi connectivity index (χ1) is 14.9. The van der Waals surface area contributed by atoms with Gasteiger partial charge < -0.3 is 20.3 Å². The number of carbonyl (C=O) groups is 3. The molecule has 2 aliphatic rings. The van der Waals surface area contributed by atoms with Gasteiger partial charge in [-0.25, -0.2) is 9.69 Å². The van der Waals surface area contributed by atoms with Gasteiger partial charge in [-0.3, -0.25) is 9.59 Å². The summed E-state index contributed by atoms with van der Waals surface area (Å²) < 4.78 is 5.37. The van der Waals surface area contributed by atoms with Gasteiger partial charge >= 0.3 is 6.03 Å². The van der Waals surface area contributed by atoms with E-state index in [2.05, 4.69) is 22.5 Å². The number of hydrogen-bond acceptors (Lipinski definition) is 5. The summed E-state index contributed by atoms with van der Waals surface area (Å²) in [4.78, 5) is 41.5. The molecule has 0 aliphatic carbocycles. The minimum atomic E-state index is -0.945. The fourth-order valence-electron chi connectivity index (χ4n) is 4.08. The first kappa shape index (κ1) is 23.1. The minimum Gasteiger partial charge on any atom is -0.378 e. The normalized spacial score (nSPS) is 22.4. The maximum Gasteiger partial charge on any atom is 0.325 e. The summed E-state index contributed by atoms with van der Waals surface area (Å²) in [6.45, 7) is 8.55. The van der Waals surface area contributed by atoms with Gasteiger partial charge in [0.2, 0.25) is 5.91 Å². The predicted octanol–water partition coefficient (Wildman–Crippen LogP) is 3.13. The summed E-state index contributed by atoms with van der Waals surface area (Å²) in [6, 6.07) is 6.16. The highest BCUT2D eigenvalue weighted by Gasteiger charge is 2.50.